The van der Waals surface area contributed by atoms with Gasteiger partial charge in [-0.15, -0.1) is 12.4 Å². The molecule has 2 heterocycles. The number of hydrogen-bond acceptors (Lipinski definition) is 6. The maximum absolute atomic E-state index is 12.8. The summed E-state index contributed by atoms with van der Waals surface area (Å²) in [5.74, 6) is 0.285. The van der Waals surface area contributed by atoms with Crippen LogP contribution in [0.2, 0.25) is 0 Å². The first-order valence-electron chi connectivity index (χ1n) is 8.72. The van der Waals surface area contributed by atoms with Gasteiger partial charge in [0, 0.05) is 50.3 Å². The van der Waals surface area contributed by atoms with E-state index in [1.165, 1.54) is 6.26 Å². The van der Waals surface area contributed by atoms with Crippen LogP contribution in [0.3, 0.4) is 0 Å². The molecular weight excluding hydrogens is 404 g/mol. The molecule has 1 aliphatic rings. The van der Waals surface area contributed by atoms with E-state index >= 15 is 0 Å². The van der Waals surface area contributed by atoms with Crippen LogP contribution in [-0.4, -0.2) is 55.8 Å². The lowest BCUT2D eigenvalue weighted by Gasteiger charge is -2.17. The highest BCUT2D eigenvalue weighted by Gasteiger charge is 2.34. The van der Waals surface area contributed by atoms with Crippen LogP contribution in [0, 0.1) is 5.92 Å². The van der Waals surface area contributed by atoms with Gasteiger partial charge in [0.2, 0.25) is 5.91 Å². The number of aryl methyl sites for hydroxylation is 1. The molecule has 28 heavy (non-hydrogen) atoms. The van der Waals surface area contributed by atoms with Crippen LogP contribution in [0.5, 0.6) is 5.75 Å². The van der Waals surface area contributed by atoms with Crippen LogP contribution in [0.4, 0.5) is 5.69 Å². The van der Waals surface area contributed by atoms with Gasteiger partial charge in [-0.3, -0.25) is 9.48 Å². The number of benzene rings is 1. The van der Waals surface area contributed by atoms with Gasteiger partial charge in [0.05, 0.1) is 17.9 Å². The zero-order valence-corrected chi connectivity index (χ0v) is 17.4. The fourth-order valence-electron chi connectivity index (χ4n) is 3.15. The summed E-state index contributed by atoms with van der Waals surface area (Å²) in [6.07, 6.45) is 4.91. The second-order valence-electron chi connectivity index (χ2n) is 6.81. The lowest BCUT2D eigenvalue weighted by atomic mass is 9.90. The molecular formula is C18H25ClN4O4S. The Balaban J connectivity index is 0.00000280. The van der Waals surface area contributed by atoms with Gasteiger partial charge in [0.1, 0.15) is 12.4 Å². The molecule has 1 amide bonds. The number of sulfone groups is 1. The number of hydrogen-bond donors (Lipinski definition) is 2. The average Bonchev–Trinajstić information content (AvgIpc) is 3.22. The van der Waals surface area contributed by atoms with Crippen LogP contribution in [-0.2, 0) is 21.7 Å². The third-order valence-corrected chi connectivity index (χ3v) is 5.44. The second-order valence-corrected chi connectivity index (χ2v) is 9.07. The van der Waals surface area contributed by atoms with Crippen LogP contribution >= 0.6 is 12.4 Å². The molecule has 0 bridgehead atoms. The molecule has 1 saturated heterocycles. The van der Waals surface area contributed by atoms with Crippen molar-refractivity contribution in [1.82, 2.24) is 15.1 Å². The normalized spacial score (nSPS) is 19.1. The monoisotopic (exact) mass is 428 g/mol. The van der Waals surface area contributed by atoms with Gasteiger partial charge in [0.25, 0.3) is 0 Å². The minimum absolute atomic E-state index is 0. The van der Waals surface area contributed by atoms with Crippen LogP contribution < -0.4 is 15.4 Å². The maximum Gasteiger partial charge on any atom is 0.229 e. The molecule has 2 aromatic rings. The molecule has 0 aliphatic carbocycles. The number of anilines is 1. The first-order valence-corrected chi connectivity index (χ1v) is 10.8. The van der Waals surface area contributed by atoms with Gasteiger partial charge in [0.15, 0.2) is 9.84 Å². The number of carbonyl (C=O) groups is 1. The predicted octanol–water partition coefficient (Wildman–Crippen LogP) is 1.21. The summed E-state index contributed by atoms with van der Waals surface area (Å²) in [4.78, 5) is 12.8. The highest BCUT2D eigenvalue weighted by atomic mass is 35.5. The first-order chi connectivity index (χ1) is 12.8. The Hall–Kier alpha value is -2.10. The highest BCUT2D eigenvalue weighted by Crippen LogP contribution is 2.29. The summed E-state index contributed by atoms with van der Waals surface area (Å²) in [5.41, 5.74) is 1.66. The molecule has 8 nitrogen and oxygen atoms in total. The molecule has 1 aliphatic heterocycles. The largest absolute Gasteiger partial charge is 0.492 e. The zero-order chi connectivity index (χ0) is 19.4. The lowest BCUT2D eigenvalue weighted by molar-refractivity contribution is -0.119. The number of aromatic nitrogens is 2. The molecule has 1 aromatic heterocycles. The summed E-state index contributed by atoms with van der Waals surface area (Å²) in [6.45, 7) is 1.42. The van der Waals surface area contributed by atoms with E-state index in [0.29, 0.717) is 18.0 Å². The Morgan fingerprint density at radius 1 is 1.39 bits per heavy atom. The molecule has 0 radical (unpaired) electrons. The fraction of sp³-hybridized carbons (Fsp3) is 0.444. The van der Waals surface area contributed by atoms with E-state index in [-0.39, 0.29) is 42.5 Å². The van der Waals surface area contributed by atoms with Crippen molar-refractivity contribution >= 4 is 33.8 Å². The summed E-state index contributed by atoms with van der Waals surface area (Å²) in [7, 11) is -1.22. The molecule has 1 fully saturated rings. The van der Waals surface area contributed by atoms with Crippen molar-refractivity contribution in [2.75, 3.05) is 37.0 Å². The van der Waals surface area contributed by atoms with E-state index in [4.69, 9.17) is 4.74 Å². The van der Waals surface area contributed by atoms with Gasteiger partial charge in [-0.2, -0.15) is 5.10 Å². The van der Waals surface area contributed by atoms with E-state index < -0.39 is 9.84 Å². The maximum atomic E-state index is 12.8. The Kier molecular flexibility index (Phi) is 7.45. The Morgan fingerprint density at radius 3 is 2.86 bits per heavy atom. The molecule has 2 N–H and O–H groups in total. The Bertz CT molecular complexity index is 916. The van der Waals surface area contributed by atoms with Crippen molar-refractivity contribution < 1.29 is 17.9 Å². The Morgan fingerprint density at radius 2 is 2.18 bits per heavy atom. The molecule has 0 unspecified atom stereocenters. The topological polar surface area (TPSA) is 102 Å². The molecule has 154 valence electrons. The quantitative estimate of drug-likeness (QED) is 0.687. The third-order valence-electron chi connectivity index (χ3n) is 4.53. The number of carbonyl (C=O) groups excluding carboxylic acids is 1. The Labute approximate surface area is 171 Å². The van der Waals surface area contributed by atoms with E-state index in [2.05, 4.69) is 15.7 Å². The van der Waals surface area contributed by atoms with Crippen molar-refractivity contribution in [2.45, 2.75) is 5.92 Å². The standard InChI is InChI=1S/C18H24N4O4S.ClH/c1-22-12-13(9-20-22)16-10-19-11-17(16)18(23)21-14-4-3-5-15(8-14)26-6-7-27(2,24)25;/h3-5,8-9,12,16-17,19H,6-7,10-11H2,1-2H3,(H,21,23);1H/t16-,17+;/m1./s1. The average molecular weight is 429 g/mol. The number of halogens is 1. The SMILES string of the molecule is Cl.Cn1cc([C@H]2CNC[C@@H]2C(=O)Nc2cccc(OCCS(C)(=O)=O)c2)cn1. The van der Waals surface area contributed by atoms with E-state index in [1.54, 1.807) is 35.1 Å². The third kappa shape index (κ3) is 5.95. The minimum Gasteiger partial charge on any atom is -0.492 e. The minimum atomic E-state index is -3.07. The molecule has 1 aromatic carbocycles. The van der Waals surface area contributed by atoms with Gasteiger partial charge in [-0.1, -0.05) is 6.07 Å². The van der Waals surface area contributed by atoms with E-state index in [9.17, 15) is 13.2 Å². The van der Waals surface area contributed by atoms with Gasteiger partial charge < -0.3 is 15.4 Å². The molecule has 0 saturated carbocycles. The van der Waals surface area contributed by atoms with Crippen LogP contribution in [0.15, 0.2) is 36.7 Å². The zero-order valence-electron chi connectivity index (χ0n) is 15.8. The molecule has 3 rings (SSSR count). The summed E-state index contributed by atoms with van der Waals surface area (Å²) in [5, 5.41) is 10.4. The highest BCUT2D eigenvalue weighted by molar-refractivity contribution is 7.90. The van der Waals surface area contributed by atoms with Gasteiger partial charge in [-0.05, 0) is 17.7 Å². The van der Waals surface area contributed by atoms with Crippen molar-refractivity contribution in [3.05, 3.63) is 42.2 Å². The first kappa shape index (κ1) is 22.2. The number of amides is 1. The smallest absolute Gasteiger partial charge is 0.229 e. The van der Waals surface area contributed by atoms with Crippen LogP contribution in [0.25, 0.3) is 0 Å². The number of nitrogens with zero attached hydrogens (tertiary/aromatic N) is 2. The molecule has 10 heteroatoms. The predicted molar refractivity (Wildman–Crippen MR) is 110 cm³/mol. The van der Waals surface area contributed by atoms with E-state index in [0.717, 1.165) is 12.1 Å². The number of rotatable bonds is 7. The van der Waals surface area contributed by atoms with Crippen molar-refractivity contribution in [3.63, 3.8) is 0 Å². The summed E-state index contributed by atoms with van der Waals surface area (Å²) in [6, 6.07) is 6.97. The lowest BCUT2D eigenvalue weighted by Crippen LogP contribution is -2.28. The van der Waals surface area contributed by atoms with Gasteiger partial charge in [-0.25, -0.2) is 8.42 Å². The van der Waals surface area contributed by atoms with E-state index in [1.807, 2.05) is 13.2 Å². The molecule has 2 atom stereocenters. The number of nitrogens with one attached hydrogen (secondary N) is 2. The summed E-state index contributed by atoms with van der Waals surface area (Å²) >= 11 is 0. The van der Waals surface area contributed by atoms with Crippen molar-refractivity contribution in [1.29, 1.82) is 0 Å². The van der Waals surface area contributed by atoms with Crippen LogP contribution in [0.1, 0.15) is 11.5 Å². The number of ether oxygens (including phenoxy) is 1. The van der Waals surface area contributed by atoms with Crippen molar-refractivity contribution in [3.8, 4) is 5.75 Å². The second kappa shape index (κ2) is 9.40. The van der Waals surface area contributed by atoms with Gasteiger partial charge >= 0.3 is 0 Å². The van der Waals surface area contributed by atoms with Crippen molar-refractivity contribution in [2.24, 2.45) is 13.0 Å². The fourth-order valence-corrected chi connectivity index (χ4v) is 3.53. The summed E-state index contributed by atoms with van der Waals surface area (Å²) < 4.78 is 29.6. The molecule has 0 spiro atoms.